The quantitative estimate of drug-likeness (QED) is 0.826. The largest absolute Gasteiger partial charge is 0.341 e. The Morgan fingerprint density at radius 3 is 2.85 bits per heavy atom. The maximum Gasteiger partial charge on any atom is 0.240 e. The maximum atomic E-state index is 13.4. The van der Waals surface area contributed by atoms with Crippen LogP contribution < -0.4 is 0 Å². The van der Waals surface area contributed by atoms with Crippen LogP contribution in [0.2, 0.25) is 0 Å². The molecule has 144 valence electrons. The number of para-hydroxylation sites is 1. The topological polar surface area (TPSA) is 35.0 Å². The van der Waals surface area contributed by atoms with Gasteiger partial charge in [-0.2, -0.15) is 0 Å². The fourth-order valence-corrected chi connectivity index (χ4v) is 5.23. The molecule has 1 amide bonds. The predicted molar refractivity (Wildman–Crippen MR) is 106 cm³/mol. The van der Waals surface area contributed by atoms with E-state index in [0.29, 0.717) is 11.9 Å². The molecule has 2 aromatic rings. The van der Waals surface area contributed by atoms with Crippen molar-refractivity contribution in [3.8, 4) is 0 Å². The van der Waals surface area contributed by atoms with E-state index in [1.54, 1.807) is 0 Å². The molecule has 0 aliphatic carbocycles. The second-order valence-corrected chi connectivity index (χ2v) is 8.37. The van der Waals surface area contributed by atoms with Crippen molar-refractivity contribution in [1.82, 2.24) is 24.2 Å². The molecule has 1 aromatic heterocycles. The van der Waals surface area contributed by atoms with E-state index in [9.17, 15) is 4.79 Å². The first-order valence-corrected chi connectivity index (χ1v) is 10.2. The maximum absolute atomic E-state index is 13.4. The number of carbonyl (C=O) groups is 1. The second-order valence-electron chi connectivity index (χ2n) is 8.37. The fourth-order valence-electron chi connectivity index (χ4n) is 5.23. The standard InChI is InChI=1S/C21H29N5O/c1-3-19(24-13-18-11-22(2)14-25(18)15-24)21(27)23-8-9-26-17(12-23)10-16-6-4-5-7-20(16)26/h4-7,10,18-19H,3,8-9,11-15H2,1-2H3. The summed E-state index contributed by atoms with van der Waals surface area (Å²) in [5, 5.41) is 1.28. The molecule has 0 radical (unpaired) electrons. The number of fused-ring (bicyclic) bond motifs is 4. The molecular weight excluding hydrogens is 338 g/mol. The summed E-state index contributed by atoms with van der Waals surface area (Å²) >= 11 is 0. The normalized spacial score (nSPS) is 25.1. The van der Waals surface area contributed by atoms with Gasteiger partial charge in [-0.05, 0) is 31.0 Å². The van der Waals surface area contributed by atoms with Crippen molar-refractivity contribution in [2.75, 3.05) is 40.0 Å². The average molecular weight is 367 g/mol. The first-order chi connectivity index (χ1) is 13.1. The van der Waals surface area contributed by atoms with Crippen molar-refractivity contribution < 1.29 is 4.79 Å². The molecule has 2 unspecified atom stereocenters. The van der Waals surface area contributed by atoms with Gasteiger partial charge >= 0.3 is 0 Å². The van der Waals surface area contributed by atoms with Crippen LogP contribution >= 0.6 is 0 Å². The Labute approximate surface area is 160 Å². The van der Waals surface area contributed by atoms with Gasteiger partial charge in [-0.15, -0.1) is 0 Å². The monoisotopic (exact) mass is 367 g/mol. The van der Waals surface area contributed by atoms with Gasteiger partial charge in [0.05, 0.1) is 25.9 Å². The van der Waals surface area contributed by atoms with E-state index in [1.165, 1.54) is 16.6 Å². The van der Waals surface area contributed by atoms with Gasteiger partial charge < -0.3 is 9.47 Å². The SMILES string of the molecule is CCC(C(=O)N1CCn2c(cc3ccccc32)C1)N1CC2CN(C)CN2C1. The Morgan fingerprint density at radius 2 is 2.04 bits per heavy atom. The molecule has 1 aromatic carbocycles. The summed E-state index contributed by atoms with van der Waals surface area (Å²) < 4.78 is 2.38. The third kappa shape index (κ3) is 2.87. The summed E-state index contributed by atoms with van der Waals surface area (Å²) in [6.07, 6.45) is 0.884. The zero-order chi connectivity index (χ0) is 18.5. The van der Waals surface area contributed by atoms with Crippen molar-refractivity contribution in [1.29, 1.82) is 0 Å². The van der Waals surface area contributed by atoms with E-state index in [1.807, 2.05) is 0 Å². The summed E-state index contributed by atoms with van der Waals surface area (Å²) in [5.41, 5.74) is 2.55. The van der Waals surface area contributed by atoms with Crippen LogP contribution in [-0.2, 0) is 17.9 Å². The Kier molecular flexibility index (Phi) is 4.22. The first kappa shape index (κ1) is 17.2. The van der Waals surface area contributed by atoms with E-state index in [4.69, 9.17) is 0 Å². The summed E-state index contributed by atoms with van der Waals surface area (Å²) in [5.74, 6) is 0.309. The minimum atomic E-state index is 0.0110. The van der Waals surface area contributed by atoms with Gasteiger partial charge in [0, 0.05) is 43.4 Å². The molecule has 2 saturated heterocycles. The van der Waals surface area contributed by atoms with Crippen LogP contribution in [0.15, 0.2) is 30.3 Å². The van der Waals surface area contributed by atoms with Crippen LogP contribution in [0.4, 0.5) is 0 Å². The van der Waals surface area contributed by atoms with Gasteiger partial charge in [0.25, 0.3) is 0 Å². The number of rotatable bonds is 3. The number of carbonyl (C=O) groups excluding carboxylic acids is 1. The number of benzene rings is 1. The van der Waals surface area contributed by atoms with Gasteiger partial charge in [-0.3, -0.25) is 19.5 Å². The molecule has 4 heterocycles. The van der Waals surface area contributed by atoms with E-state index in [2.05, 4.69) is 68.5 Å². The van der Waals surface area contributed by atoms with Crippen molar-refractivity contribution in [3.05, 3.63) is 36.0 Å². The van der Waals surface area contributed by atoms with Gasteiger partial charge in [0.2, 0.25) is 5.91 Å². The summed E-state index contributed by atoms with van der Waals surface area (Å²) in [7, 11) is 2.18. The zero-order valence-corrected chi connectivity index (χ0v) is 16.3. The number of hydrogen-bond donors (Lipinski definition) is 0. The van der Waals surface area contributed by atoms with E-state index < -0.39 is 0 Å². The Hall–Kier alpha value is -1.89. The van der Waals surface area contributed by atoms with Gasteiger partial charge in [0.1, 0.15) is 0 Å². The minimum Gasteiger partial charge on any atom is -0.341 e. The van der Waals surface area contributed by atoms with E-state index in [0.717, 1.165) is 52.5 Å². The highest BCUT2D eigenvalue weighted by Gasteiger charge is 2.41. The lowest BCUT2D eigenvalue weighted by Gasteiger charge is -2.35. The van der Waals surface area contributed by atoms with Crippen molar-refractivity contribution in [3.63, 3.8) is 0 Å². The average Bonchev–Trinajstić information content (AvgIpc) is 3.32. The van der Waals surface area contributed by atoms with E-state index in [-0.39, 0.29) is 6.04 Å². The molecule has 2 fully saturated rings. The minimum absolute atomic E-state index is 0.0110. The van der Waals surface area contributed by atoms with Crippen LogP contribution in [0.25, 0.3) is 10.9 Å². The van der Waals surface area contributed by atoms with Gasteiger partial charge in [-0.1, -0.05) is 25.1 Å². The van der Waals surface area contributed by atoms with Gasteiger partial charge in [-0.25, -0.2) is 0 Å². The lowest BCUT2D eigenvalue weighted by atomic mass is 10.1. The highest BCUT2D eigenvalue weighted by molar-refractivity contribution is 5.84. The second kappa shape index (κ2) is 6.62. The van der Waals surface area contributed by atoms with Crippen LogP contribution in [0, 0.1) is 0 Å². The van der Waals surface area contributed by atoms with Crippen molar-refractivity contribution in [2.24, 2.45) is 0 Å². The number of hydrogen-bond acceptors (Lipinski definition) is 4. The van der Waals surface area contributed by atoms with Crippen LogP contribution in [-0.4, -0.2) is 82.2 Å². The molecule has 0 spiro atoms. The van der Waals surface area contributed by atoms with Gasteiger partial charge in [0.15, 0.2) is 0 Å². The Balaban J connectivity index is 1.32. The molecule has 6 heteroatoms. The van der Waals surface area contributed by atoms with Crippen molar-refractivity contribution in [2.45, 2.75) is 38.5 Å². The molecule has 0 N–H and O–H groups in total. The summed E-state index contributed by atoms with van der Waals surface area (Å²) in [6, 6.07) is 11.4. The molecule has 0 saturated carbocycles. The van der Waals surface area contributed by atoms with Crippen molar-refractivity contribution >= 4 is 16.8 Å². The molecule has 3 aliphatic rings. The van der Waals surface area contributed by atoms with E-state index >= 15 is 0 Å². The predicted octanol–water partition coefficient (Wildman–Crippen LogP) is 1.61. The van der Waals surface area contributed by atoms with Crippen LogP contribution in [0.3, 0.4) is 0 Å². The lowest BCUT2D eigenvalue weighted by Crippen LogP contribution is -2.50. The van der Waals surface area contributed by atoms with Crippen LogP contribution in [0.5, 0.6) is 0 Å². The first-order valence-electron chi connectivity index (χ1n) is 10.2. The summed E-state index contributed by atoms with van der Waals surface area (Å²) in [6.45, 7) is 8.67. The number of amides is 1. The van der Waals surface area contributed by atoms with Crippen LogP contribution in [0.1, 0.15) is 19.0 Å². The number of nitrogens with zero attached hydrogens (tertiary/aromatic N) is 5. The Bertz CT molecular complexity index is 847. The summed E-state index contributed by atoms with van der Waals surface area (Å²) in [4.78, 5) is 22.7. The molecule has 0 bridgehead atoms. The number of likely N-dealkylation sites (N-methyl/N-ethyl adjacent to an activating group) is 1. The molecule has 3 aliphatic heterocycles. The highest BCUT2D eigenvalue weighted by Crippen LogP contribution is 2.27. The molecule has 2 atom stereocenters. The fraction of sp³-hybridized carbons (Fsp3) is 0.571. The molecule has 27 heavy (non-hydrogen) atoms. The number of aromatic nitrogens is 1. The third-order valence-corrected chi connectivity index (χ3v) is 6.54. The molecule has 6 nitrogen and oxygen atoms in total. The Morgan fingerprint density at radius 1 is 1.19 bits per heavy atom. The third-order valence-electron chi connectivity index (χ3n) is 6.54. The zero-order valence-electron chi connectivity index (χ0n) is 16.3. The lowest BCUT2D eigenvalue weighted by molar-refractivity contribution is -0.138. The molecular formula is C21H29N5O. The highest BCUT2D eigenvalue weighted by atomic mass is 16.2. The molecule has 5 rings (SSSR count). The smallest absolute Gasteiger partial charge is 0.240 e.